The number of benzene rings is 1. The molecule has 25 heavy (non-hydrogen) atoms. The fourth-order valence-electron chi connectivity index (χ4n) is 2.42. The Morgan fingerprint density at radius 3 is 2.72 bits per heavy atom. The zero-order valence-electron chi connectivity index (χ0n) is 14.1. The van der Waals surface area contributed by atoms with Crippen LogP contribution in [0.1, 0.15) is 36.1 Å². The minimum Gasteiger partial charge on any atom is -0.507 e. The first-order valence-electron chi connectivity index (χ1n) is 7.67. The van der Waals surface area contributed by atoms with Crippen LogP contribution < -0.4 is 0 Å². The normalized spacial score (nSPS) is 11.0. The third-order valence-corrected chi connectivity index (χ3v) is 3.75. The molecule has 2 aromatic heterocycles. The minimum atomic E-state index is -0.320. The maximum atomic E-state index is 12.6. The average Bonchev–Trinajstić information content (AvgIpc) is 3.25. The highest BCUT2D eigenvalue weighted by molar-refractivity contribution is 5.96. The molecule has 3 rings (SSSR count). The van der Waals surface area contributed by atoms with Crippen LogP contribution in [0.15, 0.2) is 30.9 Å². The van der Waals surface area contributed by atoms with E-state index in [1.807, 2.05) is 18.4 Å². The first-order valence-corrected chi connectivity index (χ1v) is 7.67. The van der Waals surface area contributed by atoms with Crippen molar-refractivity contribution in [3.63, 3.8) is 0 Å². The molecule has 0 spiro atoms. The van der Waals surface area contributed by atoms with E-state index in [0.29, 0.717) is 11.5 Å². The SMILES string of the molecule is CC(C)n1cnnc1CN(C)C(=O)c1ccc(-n2cnnn2)cc1O. The molecule has 2 heterocycles. The second kappa shape index (κ2) is 6.67. The van der Waals surface area contributed by atoms with Gasteiger partial charge in [0.05, 0.1) is 17.8 Å². The summed E-state index contributed by atoms with van der Waals surface area (Å²) in [6.07, 6.45) is 3.04. The van der Waals surface area contributed by atoms with Gasteiger partial charge in [-0.2, -0.15) is 0 Å². The summed E-state index contributed by atoms with van der Waals surface area (Å²) >= 11 is 0. The van der Waals surface area contributed by atoms with Gasteiger partial charge in [0, 0.05) is 19.2 Å². The summed E-state index contributed by atoms with van der Waals surface area (Å²) in [6.45, 7) is 4.31. The molecule has 0 unspecified atom stereocenters. The van der Waals surface area contributed by atoms with E-state index in [4.69, 9.17) is 0 Å². The van der Waals surface area contributed by atoms with E-state index in [-0.39, 0.29) is 29.8 Å². The third kappa shape index (κ3) is 3.32. The number of rotatable bonds is 5. The van der Waals surface area contributed by atoms with Crippen LogP contribution in [0.4, 0.5) is 0 Å². The Hall–Kier alpha value is -3.30. The predicted octanol–water partition coefficient (Wildman–Crippen LogP) is 0.812. The van der Waals surface area contributed by atoms with Crippen molar-refractivity contribution in [2.45, 2.75) is 26.4 Å². The van der Waals surface area contributed by atoms with Gasteiger partial charge in [0.15, 0.2) is 5.82 Å². The van der Waals surface area contributed by atoms with Crippen molar-refractivity contribution in [3.05, 3.63) is 42.2 Å². The van der Waals surface area contributed by atoms with Gasteiger partial charge < -0.3 is 14.6 Å². The van der Waals surface area contributed by atoms with Gasteiger partial charge in [0.25, 0.3) is 5.91 Å². The van der Waals surface area contributed by atoms with Gasteiger partial charge in [0.1, 0.15) is 18.4 Å². The number of amides is 1. The van der Waals surface area contributed by atoms with Gasteiger partial charge in [-0.15, -0.1) is 15.3 Å². The zero-order chi connectivity index (χ0) is 18.0. The second-order valence-electron chi connectivity index (χ2n) is 5.87. The first-order chi connectivity index (χ1) is 12.0. The summed E-state index contributed by atoms with van der Waals surface area (Å²) in [6, 6.07) is 4.83. The van der Waals surface area contributed by atoms with Crippen LogP contribution in [0.5, 0.6) is 5.75 Å². The Kier molecular flexibility index (Phi) is 4.42. The molecular weight excluding hydrogens is 324 g/mol. The van der Waals surface area contributed by atoms with Crippen molar-refractivity contribution in [3.8, 4) is 11.4 Å². The van der Waals surface area contributed by atoms with E-state index in [1.54, 1.807) is 25.5 Å². The predicted molar refractivity (Wildman–Crippen MR) is 87.0 cm³/mol. The van der Waals surface area contributed by atoms with Crippen molar-refractivity contribution in [2.24, 2.45) is 0 Å². The fourth-order valence-corrected chi connectivity index (χ4v) is 2.42. The van der Waals surface area contributed by atoms with Crippen LogP contribution in [0.3, 0.4) is 0 Å². The number of hydrogen-bond acceptors (Lipinski definition) is 7. The van der Waals surface area contributed by atoms with Gasteiger partial charge in [-0.25, -0.2) is 4.68 Å². The van der Waals surface area contributed by atoms with Crippen LogP contribution in [-0.4, -0.2) is 57.9 Å². The number of phenolic OH excluding ortho intramolecular Hbond substituents is 1. The summed E-state index contributed by atoms with van der Waals surface area (Å²) in [5.41, 5.74) is 0.746. The monoisotopic (exact) mass is 342 g/mol. The van der Waals surface area contributed by atoms with Crippen LogP contribution in [-0.2, 0) is 6.54 Å². The maximum Gasteiger partial charge on any atom is 0.257 e. The van der Waals surface area contributed by atoms with Crippen LogP contribution in [0.2, 0.25) is 0 Å². The lowest BCUT2D eigenvalue weighted by atomic mass is 10.1. The lowest BCUT2D eigenvalue weighted by molar-refractivity contribution is 0.0776. The van der Waals surface area contributed by atoms with Gasteiger partial charge in [-0.3, -0.25) is 4.79 Å². The topological polar surface area (TPSA) is 115 Å². The standard InChI is InChI=1S/C15H18N8O2/c1-10(2)22-8-16-18-14(22)7-21(3)15(25)12-5-4-11(6-13(12)24)23-9-17-19-20-23/h4-6,8-10,24H,7H2,1-3H3. The Labute approximate surface area is 143 Å². The number of carbonyl (C=O) groups is 1. The maximum absolute atomic E-state index is 12.6. The molecule has 0 radical (unpaired) electrons. The van der Waals surface area contributed by atoms with Gasteiger partial charge in [0.2, 0.25) is 0 Å². The van der Waals surface area contributed by atoms with Gasteiger partial charge >= 0.3 is 0 Å². The molecule has 0 aliphatic rings. The quantitative estimate of drug-likeness (QED) is 0.729. The van der Waals surface area contributed by atoms with E-state index in [2.05, 4.69) is 25.7 Å². The van der Waals surface area contributed by atoms with Crippen LogP contribution in [0, 0.1) is 0 Å². The molecule has 0 atom stereocenters. The van der Waals surface area contributed by atoms with Crippen LogP contribution >= 0.6 is 0 Å². The van der Waals surface area contributed by atoms with Crippen molar-refractivity contribution in [1.29, 1.82) is 0 Å². The second-order valence-corrected chi connectivity index (χ2v) is 5.87. The minimum absolute atomic E-state index is 0.143. The lowest BCUT2D eigenvalue weighted by Gasteiger charge is -2.19. The summed E-state index contributed by atoms with van der Waals surface area (Å²) in [7, 11) is 1.65. The van der Waals surface area contributed by atoms with Crippen molar-refractivity contribution < 1.29 is 9.90 Å². The molecule has 1 amide bonds. The Morgan fingerprint density at radius 1 is 1.28 bits per heavy atom. The van der Waals surface area contributed by atoms with E-state index >= 15 is 0 Å². The third-order valence-electron chi connectivity index (χ3n) is 3.75. The van der Waals surface area contributed by atoms with Crippen molar-refractivity contribution >= 4 is 5.91 Å². The average molecular weight is 342 g/mol. The summed E-state index contributed by atoms with van der Waals surface area (Å²) < 4.78 is 3.28. The summed E-state index contributed by atoms with van der Waals surface area (Å²) in [5.74, 6) is 0.213. The lowest BCUT2D eigenvalue weighted by Crippen LogP contribution is -2.28. The molecule has 0 saturated carbocycles. The highest BCUT2D eigenvalue weighted by Crippen LogP contribution is 2.22. The Bertz CT molecular complexity index is 872. The number of aromatic nitrogens is 7. The molecule has 0 aliphatic heterocycles. The van der Waals surface area contributed by atoms with Crippen molar-refractivity contribution in [2.75, 3.05) is 7.05 Å². The highest BCUT2D eigenvalue weighted by atomic mass is 16.3. The molecule has 1 aromatic carbocycles. The fraction of sp³-hybridized carbons (Fsp3) is 0.333. The molecule has 1 N–H and O–H groups in total. The van der Waals surface area contributed by atoms with Crippen molar-refractivity contribution in [1.82, 2.24) is 39.9 Å². The molecule has 3 aromatic rings. The number of aromatic hydroxyl groups is 1. The van der Waals surface area contributed by atoms with E-state index in [1.165, 1.54) is 22.0 Å². The molecule has 10 nitrogen and oxygen atoms in total. The highest BCUT2D eigenvalue weighted by Gasteiger charge is 2.19. The smallest absolute Gasteiger partial charge is 0.257 e. The van der Waals surface area contributed by atoms with Crippen LogP contribution in [0.25, 0.3) is 5.69 Å². The number of tetrazole rings is 1. The van der Waals surface area contributed by atoms with Gasteiger partial charge in [-0.05, 0) is 36.4 Å². The van der Waals surface area contributed by atoms with E-state index < -0.39 is 0 Å². The Balaban J connectivity index is 1.79. The number of hydrogen-bond donors (Lipinski definition) is 1. The number of phenols is 1. The molecule has 0 saturated heterocycles. The first kappa shape index (κ1) is 16.6. The molecule has 0 aliphatic carbocycles. The number of nitrogens with zero attached hydrogens (tertiary/aromatic N) is 8. The van der Waals surface area contributed by atoms with Gasteiger partial charge in [-0.1, -0.05) is 0 Å². The molecule has 10 heteroatoms. The number of carbonyl (C=O) groups excluding carboxylic acids is 1. The summed E-state index contributed by atoms with van der Waals surface area (Å²) in [4.78, 5) is 14.1. The molecule has 0 bridgehead atoms. The largest absolute Gasteiger partial charge is 0.507 e. The summed E-state index contributed by atoms with van der Waals surface area (Å²) in [5, 5.41) is 29.0. The molecule has 130 valence electrons. The molecular formula is C15H18N8O2. The zero-order valence-corrected chi connectivity index (χ0v) is 14.1. The molecule has 0 fully saturated rings. The van der Waals surface area contributed by atoms with E-state index in [0.717, 1.165) is 0 Å². The Morgan fingerprint density at radius 2 is 2.08 bits per heavy atom. The van der Waals surface area contributed by atoms with E-state index in [9.17, 15) is 9.90 Å².